The largest absolute Gasteiger partial charge is 0.407 e. The average molecular weight is 459 g/mol. The molecule has 175 valence electrons. The quantitative estimate of drug-likeness (QED) is 0.237. The van der Waals surface area contributed by atoms with Gasteiger partial charge in [-0.15, -0.1) is 0 Å². The lowest BCUT2D eigenvalue weighted by atomic mass is 9.87. The van der Waals surface area contributed by atoms with Crippen molar-refractivity contribution in [1.29, 1.82) is 0 Å². The molecule has 0 aliphatic carbocycles. The zero-order valence-electron chi connectivity index (χ0n) is 20.9. The van der Waals surface area contributed by atoms with E-state index in [0.29, 0.717) is 0 Å². The van der Waals surface area contributed by atoms with Gasteiger partial charge < -0.3 is 9.33 Å². The highest BCUT2D eigenvalue weighted by Gasteiger charge is 2.21. The molecule has 0 amide bonds. The monoisotopic (exact) mass is 458 g/mol. The first-order valence-corrected chi connectivity index (χ1v) is 13.9. The average Bonchev–Trinajstić information content (AvgIpc) is 2.84. The first-order chi connectivity index (χ1) is 16.0. The zero-order valence-corrected chi connectivity index (χ0v) is 21.9. The number of para-hydroxylation sites is 1. The molecule has 3 rings (SSSR count). The molecule has 0 aliphatic rings. The van der Waals surface area contributed by atoms with Crippen LogP contribution in [0.2, 0.25) is 0 Å². The van der Waals surface area contributed by atoms with Crippen LogP contribution in [-0.2, 0) is 9.84 Å². The van der Waals surface area contributed by atoms with Crippen LogP contribution in [-0.4, -0.2) is 28.7 Å². The molecule has 0 spiro atoms. The number of rotatable bonds is 12. The number of anilines is 1. The van der Waals surface area contributed by atoms with E-state index < -0.39 is 9.04 Å². The second kappa shape index (κ2) is 12.8. The molecule has 0 bridgehead atoms. The molecular formula is C30H40NOSi. The summed E-state index contributed by atoms with van der Waals surface area (Å²) in [7, 11) is -1.24. The van der Waals surface area contributed by atoms with Gasteiger partial charge in [-0.1, -0.05) is 107 Å². The molecule has 0 fully saturated rings. The standard InChI is InChI=1S/C30H40NOSi/c1-5-6-23-31(27-15-9-7-10-16-27)24-13-14-25-32-33(28-17-11-8-12-18-28)29-21-19-26(20-22-29)30(2,3)4/h7-12,15-22H,5-6,13-14,23-25H2,1-4H3. The summed E-state index contributed by atoms with van der Waals surface area (Å²) < 4.78 is 6.59. The summed E-state index contributed by atoms with van der Waals surface area (Å²) in [6.07, 6.45) is 4.68. The summed E-state index contributed by atoms with van der Waals surface area (Å²) in [5.74, 6) is 0. The van der Waals surface area contributed by atoms with Crippen molar-refractivity contribution in [2.75, 3.05) is 24.6 Å². The molecule has 3 aromatic rings. The molecule has 33 heavy (non-hydrogen) atoms. The van der Waals surface area contributed by atoms with Crippen LogP contribution in [0.1, 0.15) is 58.9 Å². The molecule has 0 aromatic heterocycles. The third-order valence-corrected chi connectivity index (χ3v) is 8.23. The van der Waals surface area contributed by atoms with E-state index in [9.17, 15) is 0 Å². The van der Waals surface area contributed by atoms with Crippen molar-refractivity contribution in [2.24, 2.45) is 0 Å². The Kier molecular flexibility index (Phi) is 9.77. The third-order valence-electron chi connectivity index (χ3n) is 6.02. The van der Waals surface area contributed by atoms with E-state index in [-0.39, 0.29) is 5.41 Å². The summed E-state index contributed by atoms with van der Waals surface area (Å²) in [5, 5.41) is 2.65. The maximum Gasteiger partial charge on any atom is 0.282 e. The Balaban J connectivity index is 1.59. The fraction of sp³-hybridized carbons (Fsp3) is 0.400. The van der Waals surface area contributed by atoms with Gasteiger partial charge in [0.15, 0.2) is 0 Å². The van der Waals surface area contributed by atoms with E-state index >= 15 is 0 Å². The van der Waals surface area contributed by atoms with Crippen molar-refractivity contribution in [3.8, 4) is 0 Å². The van der Waals surface area contributed by atoms with Crippen LogP contribution in [0.4, 0.5) is 5.69 Å². The molecule has 3 aromatic carbocycles. The Morgan fingerprint density at radius 3 is 1.88 bits per heavy atom. The van der Waals surface area contributed by atoms with Crippen LogP contribution in [0, 0.1) is 0 Å². The molecule has 0 heterocycles. The van der Waals surface area contributed by atoms with Gasteiger partial charge in [-0.2, -0.15) is 0 Å². The first kappa shape index (κ1) is 25.3. The van der Waals surface area contributed by atoms with Crippen molar-refractivity contribution < 1.29 is 4.43 Å². The number of benzene rings is 3. The maximum atomic E-state index is 6.59. The lowest BCUT2D eigenvalue weighted by Crippen LogP contribution is -2.45. The fourth-order valence-electron chi connectivity index (χ4n) is 3.98. The molecule has 3 heteroatoms. The second-order valence-electron chi connectivity index (χ2n) is 9.75. The van der Waals surface area contributed by atoms with Gasteiger partial charge in [0.1, 0.15) is 0 Å². The van der Waals surface area contributed by atoms with Gasteiger partial charge in [-0.3, -0.25) is 0 Å². The van der Waals surface area contributed by atoms with Gasteiger partial charge in [0.05, 0.1) is 0 Å². The predicted octanol–water partition coefficient (Wildman–Crippen LogP) is 6.19. The van der Waals surface area contributed by atoms with Crippen LogP contribution >= 0.6 is 0 Å². The van der Waals surface area contributed by atoms with Crippen LogP contribution in [0.3, 0.4) is 0 Å². The lowest BCUT2D eigenvalue weighted by Gasteiger charge is -2.25. The number of unbranched alkanes of at least 4 members (excludes halogenated alkanes) is 2. The molecular weight excluding hydrogens is 418 g/mol. The van der Waals surface area contributed by atoms with Gasteiger partial charge in [0.25, 0.3) is 9.04 Å². The molecule has 1 radical (unpaired) electrons. The van der Waals surface area contributed by atoms with Gasteiger partial charge in [0, 0.05) is 25.4 Å². The van der Waals surface area contributed by atoms with Crippen LogP contribution in [0.5, 0.6) is 0 Å². The predicted molar refractivity (Wildman–Crippen MR) is 145 cm³/mol. The fourth-order valence-corrected chi connectivity index (χ4v) is 5.96. The maximum absolute atomic E-state index is 6.59. The van der Waals surface area contributed by atoms with Crippen molar-refractivity contribution >= 4 is 25.1 Å². The summed E-state index contributed by atoms with van der Waals surface area (Å²) in [5.41, 5.74) is 2.87. The summed E-state index contributed by atoms with van der Waals surface area (Å²) in [6, 6.07) is 30.7. The van der Waals surface area contributed by atoms with Gasteiger partial charge in [0.2, 0.25) is 0 Å². The van der Waals surface area contributed by atoms with Gasteiger partial charge >= 0.3 is 0 Å². The Morgan fingerprint density at radius 2 is 1.27 bits per heavy atom. The third kappa shape index (κ3) is 7.87. The normalized spacial score (nSPS) is 11.7. The minimum absolute atomic E-state index is 0.168. The first-order valence-electron chi connectivity index (χ1n) is 12.4. The molecule has 0 N–H and O–H groups in total. The Labute approximate surface area is 203 Å². The molecule has 2 nitrogen and oxygen atoms in total. The van der Waals surface area contributed by atoms with E-state index in [2.05, 4.69) is 118 Å². The van der Waals surface area contributed by atoms with Crippen LogP contribution in [0.15, 0.2) is 84.9 Å². The highest BCUT2D eigenvalue weighted by molar-refractivity contribution is 6.80. The summed E-state index contributed by atoms with van der Waals surface area (Å²) in [6.45, 7) is 12.1. The smallest absolute Gasteiger partial charge is 0.282 e. The molecule has 0 saturated carbocycles. The van der Waals surface area contributed by atoms with Crippen LogP contribution < -0.4 is 15.3 Å². The van der Waals surface area contributed by atoms with Crippen molar-refractivity contribution in [2.45, 2.75) is 58.8 Å². The molecule has 0 saturated heterocycles. The Morgan fingerprint density at radius 1 is 0.697 bits per heavy atom. The topological polar surface area (TPSA) is 12.5 Å². The second-order valence-corrected chi connectivity index (χ2v) is 11.9. The molecule has 0 unspecified atom stereocenters. The van der Waals surface area contributed by atoms with Crippen molar-refractivity contribution in [1.82, 2.24) is 0 Å². The number of nitrogens with zero attached hydrogens (tertiary/aromatic N) is 1. The van der Waals surface area contributed by atoms with E-state index in [4.69, 9.17) is 4.43 Å². The van der Waals surface area contributed by atoms with Crippen LogP contribution in [0.25, 0.3) is 0 Å². The van der Waals surface area contributed by atoms with E-state index in [1.807, 2.05) is 0 Å². The van der Waals surface area contributed by atoms with Gasteiger partial charge in [-0.05, 0) is 52.7 Å². The highest BCUT2D eigenvalue weighted by atomic mass is 28.3. The minimum Gasteiger partial charge on any atom is -0.407 e. The Bertz CT molecular complexity index is 919. The van der Waals surface area contributed by atoms with E-state index in [1.165, 1.54) is 34.5 Å². The van der Waals surface area contributed by atoms with E-state index in [0.717, 1.165) is 32.5 Å². The Hall–Kier alpha value is -2.36. The van der Waals surface area contributed by atoms with E-state index in [1.54, 1.807) is 0 Å². The number of hydrogen-bond acceptors (Lipinski definition) is 2. The summed E-state index contributed by atoms with van der Waals surface area (Å²) in [4.78, 5) is 2.53. The summed E-state index contributed by atoms with van der Waals surface area (Å²) >= 11 is 0. The van der Waals surface area contributed by atoms with Crippen molar-refractivity contribution in [3.05, 3.63) is 90.5 Å². The SMILES string of the molecule is CCCCN(CCCCO[Si](c1ccccc1)c1ccc(C(C)(C)C)cc1)c1ccccc1. The van der Waals surface area contributed by atoms with Gasteiger partial charge in [-0.25, -0.2) is 0 Å². The zero-order chi connectivity index (χ0) is 23.5. The molecule has 0 aliphatic heterocycles. The molecule has 0 atom stereocenters. The minimum atomic E-state index is -1.24. The number of hydrogen-bond donors (Lipinski definition) is 0. The highest BCUT2D eigenvalue weighted by Crippen LogP contribution is 2.21. The van der Waals surface area contributed by atoms with Crippen molar-refractivity contribution in [3.63, 3.8) is 0 Å². The lowest BCUT2D eigenvalue weighted by molar-refractivity contribution is 0.321.